The molecular formula is C22H27N3O3. The Balaban J connectivity index is 1.66. The fraction of sp³-hybridized carbons (Fsp3) is 0.364. The van der Waals surface area contributed by atoms with Crippen molar-refractivity contribution in [1.82, 2.24) is 4.90 Å². The molecule has 1 aliphatic rings. The first-order chi connectivity index (χ1) is 13.5. The molecule has 1 fully saturated rings. The highest BCUT2D eigenvalue weighted by Gasteiger charge is 2.48. The molecule has 2 aromatic rings. The number of nitrogens with one attached hydrogen (secondary N) is 1. The normalized spacial score (nSPS) is 14.2. The van der Waals surface area contributed by atoms with Crippen molar-refractivity contribution < 1.29 is 14.3 Å². The molecule has 2 aromatic carbocycles. The van der Waals surface area contributed by atoms with Crippen LogP contribution in [0.2, 0.25) is 0 Å². The summed E-state index contributed by atoms with van der Waals surface area (Å²) in [6.07, 6.45) is 1.90. The number of rotatable bonds is 7. The first-order valence-electron chi connectivity index (χ1n) is 9.51. The van der Waals surface area contributed by atoms with E-state index in [2.05, 4.69) is 5.32 Å². The van der Waals surface area contributed by atoms with Gasteiger partial charge in [-0.25, -0.2) is 4.79 Å². The van der Waals surface area contributed by atoms with E-state index in [0.29, 0.717) is 24.4 Å². The van der Waals surface area contributed by atoms with Crippen LogP contribution in [0.15, 0.2) is 54.6 Å². The predicted octanol–water partition coefficient (Wildman–Crippen LogP) is 4.00. The second-order valence-electron chi connectivity index (χ2n) is 7.11. The van der Waals surface area contributed by atoms with E-state index >= 15 is 0 Å². The lowest BCUT2D eigenvalue weighted by Gasteiger charge is -2.27. The Labute approximate surface area is 166 Å². The van der Waals surface area contributed by atoms with Crippen LogP contribution in [0, 0.1) is 0 Å². The Morgan fingerprint density at radius 2 is 1.71 bits per heavy atom. The Morgan fingerprint density at radius 3 is 2.25 bits per heavy atom. The van der Waals surface area contributed by atoms with Crippen LogP contribution < -0.4 is 10.2 Å². The lowest BCUT2D eigenvalue weighted by Crippen LogP contribution is -2.44. The third-order valence-electron chi connectivity index (χ3n) is 5.27. The van der Waals surface area contributed by atoms with Crippen molar-refractivity contribution >= 4 is 23.3 Å². The summed E-state index contributed by atoms with van der Waals surface area (Å²) in [6, 6.07) is 16.4. The minimum atomic E-state index is -0.188. The van der Waals surface area contributed by atoms with Gasteiger partial charge in [-0.15, -0.1) is 0 Å². The van der Waals surface area contributed by atoms with Crippen LogP contribution in [-0.4, -0.2) is 49.7 Å². The van der Waals surface area contributed by atoms with Crippen LogP contribution in [0.4, 0.5) is 16.2 Å². The first kappa shape index (κ1) is 19.9. The average Bonchev–Trinajstić information content (AvgIpc) is 3.50. The van der Waals surface area contributed by atoms with Crippen LogP contribution in [-0.2, 0) is 4.74 Å². The molecule has 0 unspecified atom stereocenters. The van der Waals surface area contributed by atoms with E-state index in [0.717, 1.165) is 18.5 Å². The van der Waals surface area contributed by atoms with Crippen molar-refractivity contribution in [1.29, 1.82) is 0 Å². The molecule has 0 bridgehead atoms. The number of amides is 3. The smallest absolute Gasteiger partial charge is 0.322 e. The molecule has 0 atom stereocenters. The van der Waals surface area contributed by atoms with Crippen molar-refractivity contribution in [3.05, 3.63) is 60.2 Å². The van der Waals surface area contributed by atoms with Crippen molar-refractivity contribution in [3.63, 3.8) is 0 Å². The zero-order valence-electron chi connectivity index (χ0n) is 16.6. The molecule has 28 heavy (non-hydrogen) atoms. The molecule has 0 aromatic heterocycles. The highest BCUT2D eigenvalue weighted by atomic mass is 16.5. The summed E-state index contributed by atoms with van der Waals surface area (Å²) in [5.74, 6) is -0.0688. The van der Waals surface area contributed by atoms with E-state index in [-0.39, 0.29) is 17.5 Å². The molecule has 0 saturated heterocycles. The highest BCUT2D eigenvalue weighted by Crippen LogP contribution is 2.41. The Morgan fingerprint density at radius 1 is 1.07 bits per heavy atom. The zero-order valence-corrected chi connectivity index (χ0v) is 16.6. The first-order valence-corrected chi connectivity index (χ1v) is 9.51. The van der Waals surface area contributed by atoms with E-state index < -0.39 is 0 Å². The molecular weight excluding hydrogens is 354 g/mol. The van der Waals surface area contributed by atoms with E-state index in [1.54, 1.807) is 48.2 Å². The van der Waals surface area contributed by atoms with Gasteiger partial charge in [-0.3, -0.25) is 4.79 Å². The van der Waals surface area contributed by atoms with E-state index in [1.165, 1.54) is 0 Å². The summed E-state index contributed by atoms with van der Waals surface area (Å²) in [6.45, 7) is 3.06. The van der Waals surface area contributed by atoms with Crippen molar-refractivity contribution in [3.8, 4) is 0 Å². The van der Waals surface area contributed by atoms with Gasteiger partial charge in [0, 0.05) is 37.6 Å². The summed E-state index contributed by atoms with van der Waals surface area (Å²) in [7, 11) is 3.44. The van der Waals surface area contributed by atoms with Crippen LogP contribution in [0.25, 0.3) is 0 Å². The number of ether oxygens (including phenoxy) is 1. The van der Waals surface area contributed by atoms with Crippen molar-refractivity contribution in [2.75, 3.05) is 37.5 Å². The van der Waals surface area contributed by atoms with E-state index in [9.17, 15) is 9.59 Å². The van der Waals surface area contributed by atoms with Gasteiger partial charge in [-0.05, 0) is 56.2 Å². The molecule has 6 nitrogen and oxygen atoms in total. The highest BCUT2D eigenvalue weighted by molar-refractivity contribution is 6.06. The Hall–Kier alpha value is -2.86. The SMILES string of the molecule is CCN(C(=O)c1ccc(NC(=O)N(C)C2(COC)CC2)cc1)c1ccccc1. The lowest BCUT2D eigenvalue weighted by atomic mass is 10.1. The molecule has 1 saturated carbocycles. The molecule has 0 heterocycles. The fourth-order valence-electron chi connectivity index (χ4n) is 3.32. The number of hydrogen-bond donors (Lipinski definition) is 1. The van der Waals surface area contributed by atoms with Crippen LogP contribution >= 0.6 is 0 Å². The topological polar surface area (TPSA) is 61.9 Å². The summed E-state index contributed by atoms with van der Waals surface area (Å²) in [5, 5.41) is 2.89. The molecule has 0 aliphatic heterocycles. The van der Waals surface area contributed by atoms with Gasteiger partial charge in [0.2, 0.25) is 0 Å². The monoisotopic (exact) mass is 381 g/mol. The quantitative estimate of drug-likeness (QED) is 0.789. The number of carbonyl (C=O) groups excluding carboxylic acids is 2. The lowest BCUT2D eigenvalue weighted by molar-refractivity contribution is 0.0988. The second kappa shape index (κ2) is 8.44. The molecule has 148 valence electrons. The molecule has 1 N–H and O–H groups in total. The number of benzene rings is 2. The number of para-hydroxylation sites is 1. The van der Waals surface area contributed by atoms with Gasteiger partial charge in [0.1, 0.15) is 0 Å². The van der Waals surface area contributed by atoms with Crippen molar-refractivity contribution in [2.24, 2.45) is 0 Å². The maximum atomic E-state index is 12.8. The van der Waals surface area contributed by atoms with Crippen LogP contribution in [0.1, 0.15) is 30.1 Å². The number of hydrogen-bond acceptors (Lipinski definition) is 3. The Bertz CT molecular complexity index is 817. The van der Waals surface area contributed by atoms with Gasteiger partial charge < -0.3 is 19.9 Å². The molecule has 6 heteroatoms. The molecule has 0 spiro atoms. The van der Waals surface area contributed by atoms with Crippen LogP contribution in [0.5, 0.6) is 0 Å². The van der Waals surface area contributed by atoms with E-state index in [4.69, 9.17) is 4.74 Å². The predicted molar refractivity (Wildman–Crippen MR) is 111 cm³/mol. The number of anilines is 2. The summed E-state index contributed by atoms with van der Waals surface area (Å²) in [5.41, 5.74) is 1.91. The second-order valence-corrected chi connectivity index (χ2v) is 7.11. The standard InChI is InChI=1S/C22H27N3O3/c1-4-25(19-8-6-5-7-9-19)20(26)17-10-12-18(13-11-17)23-21(27)24(2)22(14-15-22)16-28-3/h5-13H,4,14-16H2,1-3H3,(H,23,27). The molecule has 3 rings (SSSR count). The van der Waals surface area contributed by atoms with Gasteiger partial charge in [0.25, 0.3) is 5.91 Å². The fourth-order valence-corrected chi connectivity index (χ4v) is 3.32. The summed E-state index contributed by atoms with van der Waals surface area (Å²) >= 11 is 0. The van der Waals surface area contributed by atoms with Gasteiger partial charge >= 0.3 is 6.03 Å². The molecule has 3 amide bonds. The van der Waals surface area contributed by atoms with Gasteiger partial charge in [0.05, 0.1) is 12.1 Å². The average molecular weight is 381 g/mol. The zero-order chi connectivity index (χ0) is 20.1. The van der Waals surface area contributed by atoms with Crippen molar-refractivity contribution in [2.45, 2.75) is 25.3 Å². The van der Waals surface area contributed by atoms with E-state index in [1.807, 2.05) is 37.3 Å². The largest absolute Gasteiger partial charge is 0.382 e. The maximum absolute atomic E-state index is 12.8. The molecule has 1 aliphatic carbocycles. The number of likely N-dealkylation sites (N-methyl/N-ethyl adjacent to an activating group) is 1. The Kier molecular flexibility index (Phi) is 5.99. The number of nitrogens with zero attached hydrogens (tertiary/aromatic N) is 2. The third kappa shape index (κ3) is 4.17. The number of methoxy groups -OCH3 is 1. The number of carbonyl (C=O) groups is 2. The van der Waals surface area contributed by atoms with Gasteiger partial charge in [-0.2, -0.15) is 0 Å². The minimum absolute atomic E-state index is 0.0688. The minimum Gasteiger partial charge on any atom is -0.382 e. The summed E-state index contributed by atoms with van der Waals surface area (Å²) < 4.78 is 5.24. The van der Waals surface area contributed by atoms with Crippen LogP contribution in [0.3, 0.4) is 0 Å². The number of urea groups is 1. The van der Waals surface area contributed by atoms with Gasteiger partial charge in [-0.1, -0.05) is 18.2 Å². The van der Waals surface area contributed by atoms with Gasteiger partial charge in [0.15, 0.2) is 0 Å². The maximum Gasteiger partial charge on any atom is 0.322 e. The third-order valence-corrected chi connectivity index (χ3v) is 5.27. The summed E-state index contributed by atoms with van der Waals surface area (Å²) in [4.78, 5) is 28.8. The molecule has 0 radical (unpaired) electrons.